The third-order valence-corrected chi connectivity index (χ3v) is 5.89. The van der Waals surface area contributed by atoms with E-state index in [1.807, 2.05) is 29.7 Å². The van der Waals surface area contributed by atoms with Crippen LogP contribution < -0.4 is 16.6 Å². The molecule has 4 aromatic rings. The summed E-state index contributed by atoms with van der Waals surface area (Å²) in [6.07, 6.45) is 7.39. The molecule has 0 fully saturated rings. The van der Waals surface area contributed by atoms with E-state index in [0.29, 0.717) is 48.9 Å². The average molecular weight is 493 g/mol. The molecule has 0 spiro atoms. The molecule has 11 nitrogen and oxygen atoms in total. The van der Waals surface area contributed by atoms with Gasteiger partial charge >= 0.3 is 5.69 Å². The molecule has 1 amide bonds. The monoisotopic (exact) mass is 492 g/mol. The van der Waals surface area contributed by atoms with Gasteiger partial charge in [0, 0.05) is 56.6 Å². The quantitative estimate of drug-likeness (QED) is 0.330. The van der Waals surface area contributed by atoms with Crippen molar-refractivity contribution in [1.82, 2.24) is 39.2 Å². The topological polar surface area (TPSA) is 132 Å². The molecule has 11 heteroatoms. The van der Waals surface area contributed by atoms with E-state index < -0.39 is 11.2 Å². The van der Waals surface area contributed by atoms with E-state index >= 15 is 0 Å². The Hall–Kier alpha value is -4.02. The molecule has 0 atom stereocenters. The highest BCUT2D eigenvalue weighted by atomic mass is 16.2. The zero-order chi connectivity index (χ0) is 25.7. The number of fused-ring (bicyclic) bond motifs is 1. The van der Waals surface area contributed by atoms with Crippen LogP contribution in [0.5, 0.6) is 0 Å². The Bertz CT molecular complexity index is 1450. The maximum Gasteiger partial charge on any atom is 0.330 e. The number of carbonyl (C=O) groups is 1. The van der Waals surface area contributed by atoms with Gasteiger partial charge in [-0.05, 0) is 24.5 Å². The second kappa shape index (κ2) is 11.1. The van der Waals surface area contributed by atoms with Crippen LogP contribution in [0, 0.1) is 5.92 Å². The van der Waals surface area contributed by atoms with Gasteiger partial charge < -0.3 is 9.88 Å². The number of hydrogen-bond acceptors (Lipinski definition) is 6. The molecular formula is C25H32N8O3. The summed E-state index contributed by atoms with van der Waals surface area (Å²) in [4.78, 5) is 49.5. The maximum atomic E-state index is 12.8. The van der Waals surface area contributed by atoms with E-state index in [9.17, 15) is 14.4 Å². The van der Waals surface area contributed by atoms with Crippen molar-refractivity contribution in [2.45, 2.75) is 66.1 Å². The SMILES string of the molecule is CCCCn1c(=O)[nH]c(=O)c2c1nc(CCC(=O)NCc1cccnc1-n1cccn1)n2CC(C)C. The van der Waals surface area contributed by atoms with Gasteiger partial charge in [-0.2, -0.15) is 5.10 Å². The number of aryl methyl sites for hydroxylation is 2. The van der Waals surface area contributed by atoms with Crippen molar-refractivity contribution in [3.63, 3.8) is 0 Å². The fourth-order valence-corrected chi connectivity index (χ4v) is 4.17. The second-order valence-corrected chi connectivity index (χ2v) is 9.18. The number of amides is 1. The molecule has 190 valence electrons. The first-order chi connectivity index (χ1) is 17.4. The minimum absolute atomic E-state index is 0.147. The van der Waals surface area contributed by atoms with E-state index in [1.165, 1.54) is 4.57 Å². The lowest BCUT2D eigenvalue weighted by atomic mass is 10.2. The Morgan fingerprint density at radius 1 is 1.17 bits per heavy atom. The summed E-state index contributed by atoms with van der Waals surface area (Å²) in [6, 6.07) is 5.53. The van der Waals surface area contributed by atoms with Crippen molar-refractivity contribution < 1.29 is 4.79 Å². The van der Waals surface area contributed by atoms with Crippen LogP contribution in [0.2, 0.25) is 0 Å². The molecule has 4 heterocycles. The number of H-pyrrole nitrogens is 1. The summed E-state index contributed by atoms with van der Waals surface area (Å²) in [6.45, 7) is 7.49. The van der Waals surface area contributed by atoms with Gasteiger partial charge in [0.1, 0.15) is 5.82 Å². The average Bonchev–Trinajstić information content (AvgIpc) is 3.50. The van der Waals surface area contributed by atoms with Crippen molar-refractivity contribution in [1.29, 1.82) is 0 Å². The number of aromatic nitrogens is 7. The maximum absolute atomic E-state index is 12.8. The lowest BCUT2D eigenvalue weighted by Crippen LogP contribution is -2.31. The molecule has 0 aliphatic carbocycles. The highest BCUT2D eigenvalue weighted by molar-refractivity contribution is 5.76. The molecule has 4 rings (SSSR count). The summed E-state index contributed by atoms with van der Waals surface area (Å²) in [5.74, 6) is 1.38. The van der Waals surface area contributed by atoms with E-state index in [4.69, 9.17) is 0 Å². The van der Waals surface area contributed by atoms with Crippen molar-refractivity contribution in [2.24, 2.45) is 5.92 Å². The lowest BCUT2D eigenvalue weighted by molar-refractivity contribution is -0.121. The Morgan fingerprint density at radius 3 is 2.72 bits per heavy atom. The number of imidazole rings is 1. The largest absolute Gasteiger partial charge is 0.352 e. The van der Waals surface area contributed by atoms with Crippen LogP contribution in [0.4, 0.5) is 0 Å². The molecule has 0 aromatic carbocycles. The zero-order valence-electron chi connectivity index (χ0n) is 20.9. The van der Waals surface area contributed by atoms with Gasteiger partial charge in [-0.1, -0.05) is 33.3 Å². The van der Waals surface area contributed by atoms with E-state index in [2.05, 4.69) is 39.2 Å². The van der Waals surface area contributed by atoms with Crippen LogP contribution in [0.15, 0.2) is 46.4 Å². The first-order valence-corrected chi connectivity index (χ1v) is 12.3. The molecule has 0 saturated carbocycles. The summed E-state index contributed by atoms with van der Waals surface area (Å²) < 4.78 is 5.04. The molecular weight excluding hydrogens is 460 g/mol. The van der Waals surface area contributed by atoms with Crippen molar-refractivity contribution >= 4 is 17.1 Å². The number of aromatic amines is 1. The predicted octanol–water partition coefficient (Wildman–Crippen LogP) is 2.17. The van der Waals surface area contributed by atoms with Crippen LogP contribution >= 0.6 is 0 Å². The van der Waals surface area contributed by atoms with Gasteiger partial charge in [0.2, 0.25) is 5.91 Å². The minimum atomic E-state index is -0.455. The standard InChI is InChI=1S/C25H32N8O3/c1-4-5-13-31-23-21(24(35)30-25(31)36)32(16-17(2)3)19(29-23)9-10-20(34)27-15-18-8-6-11-26-22(18)33-14-7-12-28-33/h6-8,11-12,14,17H,4-5,9-10,13,15-16H2,1-3H3,(H,27,34)(H,30,35,36). The molecule has 36 heavy (non-hydrogen) atoms. The van der Waals surface area contributed by atoms with E-state index in [-0.39, 0.29) is 18.2 Å². The number of pyridine rings is 1. The van der Waals surface area contributed by atoms with Gasteiger partial charge in [-0.25, -0.2) is 19.4 Å². The lowest BCUT2D eigenvalue weighted by Gasteiger charge is -2.12. The molecule has 2 N–H and O–H groups in total. The fraction of sp³-hybridized carbons (Fsp3) is 0.440. The van der Waals surface area contributed by atoms with Gasteiger partial charge in [0.25, 0.3) is 5.56 Å². The number of rotatable bonds is 11. The normalized spacial score (nSPS) is 11.4. The van der Waals surface area contributed by atoms with E-state index in [0.717, 1.165) is 18.4 Å². The molecule has 0 bridgehead atoms. The molecule has 0 aliphatic heterocycles. The summed E-state index contributed by atoms with van der Waals surface area (Å²) in [7, 11) is 0. The van der Waals surface area contributed by atoms with Gasteiger partial charge in [0.05, 0.1) is 0 Å². The number of hydrogen-bond donors (Lipinski definition) is 2. The number of carbonyl (C=O) groups excluding carboxylic acids is 1. The predicted molar refractivity (Wildman–Crippen MR) is 136 cm³/mol. The third kappa shape index (κ3) is 5.45. The molecule has 0 aliphatic rings. The van der Waals surface area contributed by atoms with Crippen LogP contribution in [-0.2, 0) is 30.8 Å². The Balaban J connectivity index is 1.54. The number of nitrogens with zero attached hydrogens (tertiary/aromatic N) is 6. The smallest absolute Gasteiger partial charge is 0.330 e. The van der Waals surface area contributed by atoms with Gasteiger partial charge in [-0.15, -0.1) is 0 Å². The second-order valence-electron chi connectivity index (χ2n) is 9.18. The van der Waals surface area contributed by atoms with Crippen molar-refractivity contribution in [3.8, 4) is 5.82 Å². The van der Waals surface area contributed by atoms with Crippen LogP contribution in [0.3, 0.4) is 0 Å². The summed E-state index contributed by atoms with van der Waals surface area (Å²) in [5, 5.41) is 7.17. The molecule has 0 radical (unpaired) electrons. The summed E-state index contributed by atoms with van der Waals surface area (Å²) >= 11 is 0. The Kier molecular flexibility index (Phi) is 7.77. The summed E-state index contributed by atoms with van der Waals surface area (Å²) in [5.41, 5.74) is 0.702. The number of unbranched alkanes of at least 4 members (excludes halogenated alkanes) is 1. The van der Waals surface area contributed by atoms with Gasteiger partial charge in [-0.3, -0.25) is 19.1 Å². The Morgan fingerprint density at radius 2 is 2.00 bits per heavy atom. The highest BCUT2D eigenvalue weighted by Gasteiger charge is 2.20. The van der Waals surface area contributed by atoms with Crippen molar-refractivity contribution in [2.75, 3.05) is 0 Å². The molecule has 4 aromatic heterocycles. The molecule has 0 unspecified atom stereocenters. The molecule has 0 saturated heterocycles. The zero-order valence-corrected chi connectivity index (χ0v) is 20.9. The highest BCUT2D eigenvalue weighted by Crippen LogP contribution is 2.16. The van der Waals surface area contributed by atoms with Gasteiger partial charge in [0.15, 0.2) is 17.0 Å². The Labute approximate surface area is 208 Å². The van der Waals surface area contributed by atoms with Crippen molar-refractivity contribution in [3.05, 3.63) is 69.0 Å². The number of nitrogens with one attached hydrogen (secondary N) is 2. The van der Waals surface area contributed by atoms with Crippen LogP contribution in [-0.4, -0.2) is 39.8 Å². The van der Waals surface area contributed by atoms with Crippen LogP contribution in [0.1, 0.15) is 51.4 Å². The van der Waals surface area contributed by atoms with Crippen LogP contribution in [0.25, 0.3) is 17.0 Å². The third-order valence-electron chi connectivity index (χ3n) is 5.89. The van der Waals surface area contributed by atoms with E-state index in [1.54, 1.807) is 23.3 Å². The first-order valence-electron chi connectivity index (χ1n) is 12.3. The fourth-order valence-electron chi connectivity index (χ4n) is 4.17. The first kappa shape index (κ1) is 25.1. The minimum Gasteiger partial charge on any atom is -0.352 e.